The molecule has 0 spiro atoms. The van der Waals surface area contributed by atoms with E-state index in [1.165, 1.54) is 10.9 Å². The minimum Gasteiger partial charge on any atom is -0.297 e. The number of rotatable bonds is 1. The van der Waals surface area contributed by atoms with Gasteiger partial charge in [-0.3, -0.25) is 14.7 Å². The number of hydrogen-bond donors (Lipinski definition) is 1. The highest BCUT2D eigenvalue weighted by atomic mass is 16.2. The van der Waals surface area contributed by atoms with Crippen LogP contribution in [0.5, 0.6) is 0 Å². The smallest absolute Gasteiger partial charge is 0.282 e. The molecule has 5 rings (SSSR count). The molecule has 0 amide bonds. The van der Waals surface area contributed by atoms with E-state index in [0.29, 0.717) is 33.1 Å². The first-order chi connectivity index (χ1) is 12.6. The Morgan fingerprint density at radius 2 is 1.92 bits per heavy atom. The molecular formula is C18H12N6O2. The molecule has 0 fully saturated rings. The first kappa shape index (κ1) is 14.5. The number of carbonyl (C=O) groups is 1. The van der Waals surface area contributed by atoms with Gasteiger partial charge >= 0.3 is 0 Å². The molecule has 126 valence electrons. The van der Waals surface area contributed by atoms with Crippen molar-refractivity contribution in [3.8, 4) is 0 Å². The molecule has 0 aliphatic carbocycles. The van der Waals surface area contributed by atoms with Crippen LogP contribution in [0.15, 0.2) is 53.6 Å². The van der Waals surface area contributed by atoms with Crippen molar-refractivity contribution in [3.63, 3.8) is 0 Å². The molecule has 8 nitrogen and oxygen atoms in total. The summed E-state index contributed by atoms with van der Waals surface area (Å²) >= 11 is 0. The number of benzene rings is 1. The summed E-state index contributed by atoms with van der Waals surface area (Å²) in [5.74, 6) is -0.284. The summed E-state index contributed by atoms with van der Waals surface area (Å²) in [4.78, 5) is 33.5. The Labute approximate surface area is 145 Å². The fourth-order valence-electron chi connectivity index (χ4n) is 3.16. The molecule has 0 bridgehead atoms. The lowest BCUT2D eigenvalue weighted by Gasteiger charge is -2.04. The number of pyridine rings is 1. The third-order valence-electron chi connectivity index (χ3n) is 4.32. The van der Waals surface area contributed by atoms with Crippen molar-refractivity contribution in [2.24, 2.45) is 0 Å². The fraction of sp³-hybridized carbons (Fsp3) is 0.0556. The Bertz CT molecular complexity index is 1380. The fourth-order valence-corrected chi connectivity index (χ4v) is 3.16. The Morgan fingerprint density at radius 3 is 2.73 bits per heavy atom. The van der Waals surface area contributed by atoms with Crippen molar-refractivity contribution in [3.05, 3.63) is 70.4 Å². The van der Waals surface area contributed by atoms with Crippen LogP contribution in [0.2, 0.25) is 0 Å². The molecule has 1 aromatic carbocycles. The van der Waals surface area contributed by atoms with E-state index in [1.54, 1.807) is 41.0 Å². The number of aromatic amines is 1. The van der Waals surface area contributed by atoms with E-state index >= 15 is 0 Å². The van der Waals surface area contributed by atoms with E-state index < -0.39 is 0 Å². The lowest BCUT2D eigenvalue weighted by molar-refractivity contribution is 0.0950. The van der Waals surface area contributed by atoms with Gasteiger partial charge in [-0.15, -0.1) is 0 Å². The van der Waals surface area contributed by atoms with Crippen LogP contribution in [0.1, 0.15) is 16.1 Å². The number of carbonyl (C=O) groups excluding carboxylic acids is 1. The van der Waals surface area contributed by atoms with Crippen LogP contribution in [0, 0.1) is 6.92 Å². The van der Waals surface area contributed by atoms with E-state index in [0.717, 1.165) is 5.69 Å². The molecular weight excluding hydrogens is 332 g/mol. The van der Waals surface area contributed by atoms with Gasteiger partial charge in [0.05, 0.1) is 22.5 Å². The van der Waals surface area contributed by atoms with Gasteiger partial charge in [-0.1, -0.05) is 18.2 Å². The maximum absolute atomic E-state index is 12.8. The van der Waals surface area contributed by atoms with Gasteiger partial charge in [0.15, 0.2) is 11.3 Å². The Morgan fingerprint density at radius 1 is 1.12 bits per heavy atom. The van der Waals surface area contributed by atoms with Gasteiger partial charge in [0.1, 0.15) is 0 Å². The van der Waals surface area contributed by atoms with Crippen molar-refractivity contribution in [2.75, 3.05) is 0 Å². The summed E-state index contributed by atoms with van der Waals surface area (Å²) in [5.41, 5.74) is 2.50. The van der Waals surface area contributed by atoms with Crippen LogP contribution in [-0.2, 0) is 0 Å². The zero-order valence-corrected chi connectivity index (χ0v) is 13.7. The van der Waals surface area contributed by atoms with Crippen molar-refractivity contribution in [1.29, 1.82) is 0 Å². The Balaban J connectivity index is 1.87. The van der Waals surface area contributed by atoms with Crippen molar-refractivity contribution >= 4 is 33.5 Å². The normalized spacial score (nSPS) is 11.6. The number of aryl methyl sites for hydroxylation is 1. The first-order valence-electron chi connectivity index (χ1n) is 7.98. The van der Waals surface area contributed by atoms with Crippen LogP contribution >= 0.6 is 0 Å². The minimum atomic E-state index is -0.365. The maximum atomic E-state index is 12.8. The zero-order chi connectivity index (χ0) is 17.8. The van der Waals surface area contributed by atoms with E-state index in [9.17, 15) is 9.59 Å². The average Bonchev–Trinajstić information content (AvgIpc) is 3.24. The molecule has 5 aromatic rings. The van der Waals surface area contributed by atoms with Crippen LogP contribution < -0.4 is 5.56 Å². The standard InChI is InChI=1S/C18H12N6O2/c1-10-7-14-21-17(25)13-8-19-16-12(15(13)23(14)22-10)9-20-24(16)18(26)11-5-3-2-4-6-11/h2-9,22H,1H3. The summed E-state index contributed by atoms with van der Waals surface area (Å²) in [6, 6.07) is 10.6. The monoisotopic (exact) mass is 344 g/mol. The lowest BCUT2D eigenvalue weighted by Crippen LogP contribution is -2.14. The second-order valence-corrected chi connectivity index (χ2v) is 6.04. The number of hydrogen-bond acceptors (Lipinski definition) is 5. The SMILES string of the molecule is Cc1cc2nc(=O)c3cnc4c(cnn4C(=O)c4ccccc4)c3n2[nH]1. The summed E-state index contributed by atoms with van der Waals surface area (Å²) in [6.45, 7) is 1.88. The Kier molecular flexibility index (Phi) is 2.84. The molecule has 0 saturated carbocycles. The van der Waals surface area contributed by atoms with Crippen molar-refractivity contribution in [1.82, 2.24) is 29.4 Å². The van der Waals surface area contributed by atoms with Gasteiger partial charge in [-0.25, -0.2) is 9.50 Å². The summed E-state index contributed by atoms with van der Waals surface area (Å²) in [6.07, 6.45) is 2.99. The van der Waals surface area contributed by atoms with Gasteiger partial charge in [0.25, 0.3) is 11.5 Å². The molecule has 0 saturated heterocycles. The lowest BCUT2D eigenvalue weighted by atomic mass is 10.2. The predicted molar refractivity (Wildman–Crippen MR) is 95.3 cm³/mol. The molecule has 0 atom stereocenters. The van der Waals surface area contributed by atoms with Gasteiger partial charge in [0, 0.05) is 23.5 Å². The van der Waals surface area contributed by atoms with E-state index in [1.807, 2.05) is 13.0 Å². The first-order valence-corrected chi connectivity index (χ1v) is 7.98. The van der Waals surface area contributed by atoms with Crippen LogP contribution in [0.3, 0.4) is 0 Å². The van der Waals surface area contributed by atoms with Gasteiger partial charge < -0.3 is 0 Å². The van der Waals surface area contributed by atoms with Gasteiger partial charge in [-0.05, 0) is 19.1 Å². The summed E-state index contributed by atoms with van der Waals surface area (Å²) in [7, 11) is 0. The summed E-state index contributed by atoms with van der Waals surface area (Å²) < 4.78 is 2.96. The predicted octanol–water partition coefficient (Wildman–Crippen LogP) is 1.92. The topological polar surface area (TPSA) is 97.9 Å². The maximum Gasteiger partial charge on any atom is 0.282 e. The largest absolute Gasteiger partial charge is 0.297 e. The van der Waals surface area contributed by atoms with E-state index in [4.69, 9.17) is 0 Å². The number of aromatic nitrogens is 6. The van der Waals surface area contributed by atoms with Crippen LogP contribution in [0.4, 0.5) is 0 Å². The van der Waals surface area contributed by atoms with Crippen molar-refractivity contribution < 1.29 is 4.79 Å². The minimum absolute atomic E-state index is 0.284. The number of nitrogens with zero attached hydrogens (tertiary/aromatic N) is 5. The van der Waals surface area contributed by atoms with E-state index in [-0.39, 0.29) is 11.5 Å². The highest BCUT2D eigenvalue weighted by molar-refractivity contribution is 6.07. The molecule has 4 aromatic heterocycles. The molecule has 0 radical (unpaired) electrons. The van der Waals surface area contributed by atoms with Crippen molar-refractivity contribution in [2.45, 2.75) is 6.92 Å². The highest BCUT2D eigenvalue weighted by Gasteiger charge is 2.18. The average molecular weight is 344 g/mol. The molecule has 0 aliphatic heterocycles. The molecule has 1 N–H and O–H groups in total. The van der Waals surface area contributed by atoms with E-state index in [2.05, 4.69) is 20.2 Å². The third-order valence-corrected chi connectivity index (χ3v) is 4.32. The molecule has 26 heavy (non-hydrogen) atoms. The quantitative estimate of drug-likeness (QED) is 0.501. The molecule has 0 aliphatic rings. The number of nitrogens with one attached hydrogen (secondary N) is 1. The van der Waals surface area contributed by atoms with Gasteiger partial charge in [0.2, 0.25) is 0 Å². The highest BCUT2D eigenvalue weighted by Crippen LogP contribution is 2.22. The molecule has 0 unspecified atom stereocenters. The van der Waals surface area contributed by atoms with Crippen LogP contribution in [0.25, 0.3) is 27.6 Å². The van der Waals surface area contributed by atoms with Crippen LogP contribution in [-0.4, -0.2) is 35.3 Å². The zero-order valence-electron chi connectivity index (χ0n) is 13.7. The second kappa shape index (κ2) is 5.09. The molecule has 8 heteroatoms. The third kappa shape index (κ3) is 1.92. The Hall–Kier alpha value is -3.81. The number of fused-ring (bicyclic) bond motifs is 5. The summed E-state index contributed by atoms with van der Waals surface area (Å²) in [5, 5.41) is 8.34. The number of H-pyrrole nitrogens is 1. The second-order valence-electron chi connectivity index (χ2n) is 6.04. The van der Waals surface area contributed by atoms with Gasteiger partial charge in [-0.2, -0.15) is 14.8 Å². The molecule has 4 heterocycles.